The van der Waals surface area contributed by atoms with Gasteiger partial charge in [0.1, 0.15) is 5.75 Å². The SMILES string of the molecule is c1ccc(N[C@H]2CC3(CCCO3)Oc3ccccc32)cc1. The summed E-state index contributed by atoms with van der Waals surface area (Å²) in [5, 5.41) is 3.63. The molecular formula is C18H19NO2. The normalized spacial score (nSPS) is 27.1. The van der Waals surface area contributed by atoms with Gasteiger partial charge in [0.15, 0.2) is 0 Å². The number of benzene rings is 2. The first kappa shape index (κ1) is 12.7. The van der Waals surface area contributed by atoms with Crippen LogP contribution in [0.2, 0.25) is 0 Å². The number of rotatable bonds is 2. The van der Waals surface area contributed by atoms with Crippen molar-refractivity contribution in [2.45, 2.75) is 31.1 Å². The summed E-state index contributed by atoms with van der Waals surface area (Å²) >= 11 is 0. The number of anilines is 1. The minimum atomic E-state index is -0.444. The molecule has 1 spiro atoms. The fraction of sp³-hybridized carbons (Fsp3) is 0.333. The maximum atomic E-state index is 6.19. The van der Waals surface area contributed by atoms with Gasteiger partial charge in [0.05, 0.1) is 12.6 Å². The molecule has 2 atom stereocenters. The zero-order valence-electron chi connectivity index (χ0n) is 11.9. The molecule has 0 bridgehead atoms. The van der Waals surface area contributed by atoms with E-state index in [9.17, 15) is 0 Å². The van der Waals surface area contributed by atoms with Crippen molar-refractivity contribution in [2.75, 3.05) is 11.9 Å². The first-order chi connectivity index (χ1) is 10.3. The first-order valence-corrected chi connectivity index (χ1v) is 7.58. The van der Waals surface area contributed by atoms with Gasteiger partial charge >= 0.3 is 0 Å². The zero-order valence-corrected chi connectivity index (χ0v) is 11.9. The Morgan fingerprint density at radius 1 is 1.00 bits per heavy atom. The van der Waals surface area contributed by atoms with Crippen molar-refractivity contribution < 1.29 is 9.47 Å². The summed E-state index contributed by atoms with van der Waals surface area (Å²) in [5.41, 5.74) is 2.34. The maximum Gasteiger partial charge on any atom is 0.212 e. The summed E-state index contributed by atoms with van der Waals surface area (Å²) < 4.78 is 12.1. The molecule has 0 aliphatic carbocycles. The van der Waals surface area contributed by atoms with Gasteiger partial charge in [-0.2, -0.15) is 0 Å². The molecule has 0 amide bonds. The number of para-hydroxylation sites is 2. The number of fused-ring (bicyclic) bond motifs is 1. The molecular weight excluding hydrogens is 262 g/mol. The van der Waals surface area contributed by atoms with Crippen molar-refractivity contribution >= 4 is 5.69 Å². The smallest absolute Gasteiger partial charge is 0.212 e. The van der Waals surface area contributed by atoms with Crippen molar-refractivity contribution in [1.82, 2.24) is 0 Å². The number of nitrogens with one attached hydrogen (secondary N) is 1. The second-order valence-electron chi connectivity index (χ2n) is 5.77. The lowest BCUT2D eigenvalue weighted by Gasteiger charge is -2.39. The summed E-state index contributed by atoms with van der Waals surface area (Å²) in [5.74, 6) is 0.500. The monoisotopic (exact) mass is 281 g/mol. The molecule has 1 N–H and O–H groups in total. The third-order valence-corrected chi connectivity index (χ3v) is 4.29. The Morgan fingerprint density at radius 2 is 1.81 bits per heavy atom. The molecule has 3 heteroatoms. The molecule has 0 aromatic heterocycles. The van der Waals surface area contributed by atoms with Gasteiger partial charge in [-0.1, -0.05) is 36.4 Å². The predicted molar refractivity (Wildman–Crippen MR) is 82.4 cm³/mol. The maximum absolute atomic E-state index is 6.19. The van der Waals surface area contributed by atoms with E-state index in [2.05, 4.69) is 41.7 Å². The molecule has 1 unspecified atom stereocenters. The van der Waals surface area contributed by atoms with E-state index in [1.807, 2.05) is 18.2 Å². The van der Waals surface area contributed by atoms with Crippen molar-refractivity contribution in [3.8, 4) is 5.75 Å². The van der Waals surface area contributed by atoms with E-state index in [1.165, 1.54) is 5.56 Å². The molecule has 4 rings (SSSR count). The van der Waals surface area contributed by atoms with Crippen molar-refractivity contribution in [1.29, 1.82) is 0 Å². The van der Waals surface area contributed by atoms with Crippen LogP contribution in [0.15, 0.2) is 54.6 Å². The molecule has 2 aromatic carbocycles. The van der Waals surface area contributed by atoms with E-state index in [0.717, 1.165) is 37.3 Å². The van der Waals surface area contributed by atoms with E-state index in [1.54, 1.807) is 0 Å². The first-order valence-electron chi connectivity index (χ1n) is 7.58. The predicted octanol–water partition coefficient (Wildman–Crippen LogP) is 4.13. The van der Waals surface area contributed by atoms with Gasteiger partial charge in [-0.05, 0) is 24.6 Å². The van der Waals surface area contributed by atoms with E-state index < -0.39 is 5.79 Å². The summed E-state index contributed by atoms with van der Waals surface area (Å²) in [6, 6.07) is 18.8. The van der Waals surface area contributed by atoms with Gasteiger partial charge in [-0.25, -0.2) is 0 Å². The lowest BCUT2D eigenvalue weighted by molar-refractivity contribution is -0.164. The van der Waals surface area contributed by atoms with Crippen LogP contribution < -0.4 is 10.1 Å². The van der Waals surface area contributed by atoms with Crippen LogP contribution in [0.4, 0.5) is 5.69 Å². The van der Waals surface area contributed by atoms with E-state index in [0.29, 0.717) is 0 Å². The Morgan fingerprint density at radius 3 is 2.62 bits per heavy atom. The molecule has 21 heavy (non-hydrogen) atoms. The van der Waals surface area contributed by atoms with Crippen LogP contribution in [0.1, 0.15) is 30.9 Å². The molecule has 108 valence electrons. The molecule has 2 heterocycles. The topological polar surface area (TPSA) is 30.5 Å². The Balaban J connectivity index is 1.68. The lowest BCUT2D eigenvalue weighted by Crippen LogP contribution is -2.41. The average Bonchev–Trinajstić information content (AvgIpc) is 2.96. The zero-order chi connectivity index (χ0) is 14.1. The molecule has 3 nitrogen and oxygen atoms in total. The van der Waals surface area contributed by atoms with Crippen molar-refractivity contribution in [2.24, 2.45) is 0 Å². The highest BCUT2D eigenvalue weighted by atomic mass is 16.7. The highest BCUT2D eigenvalue weighted by Crippen LogP contribution is 2.45. The van der Waals surface area contributed by atoms with Gasteiger partial charge in [0.2, 0.25) is 5.79 Å². The summed E-state index contributed by atoms with van der Waals surface area (Å²) in [4.78, 5) is 0. The van der Waals surface area contributed by atoms with Crippen molar-refractivity contribution in [3.63, 3.8) is 0 Å². The standard InChI is InChI=1S/C18H19NO2/c1-2-7-14(8-3-1)19-16-13-18(11-6-12-20-18)21-17-10-5-4-9-15(16)17/h1-5,7-10,16,19H,6,11-13H2/t16-,18?/m0/s1. The van der Waals surface area contributed by atoms with Crippen LogP contribution in [0.3, 0.4) is 0 Å². The highest BCUT2D eigenvalue weighted by molar-refractivity contribution is 5.49. The second-order valence-corrected chi connectivity index (χ2v) is 5.77. The van der Waals surface area contributed by atoms with Crippen LogP contribution in [-0.2, 0) is 4.74 Å². The molecule has 1 saturated heterocycles. The Labute approximate surface area is 124 Å². The largest absolute Gasteiger partial charge is 0.462 e. The van der Waals surface area contributed by atoms with Crippen LogP contribution in [0.5, 0.6) is 5.75 Å². The van der Waals surface area contributed by atoms with Gasteiger partial charge in [0.25, 0.3) is 0 Å². The summed E-state index contributed by atoms with van der Waals surface area (Å²) in [6.07, 6.45) is 2.88. The summed E-state index contributed by atoms with van der Waals surface area (Å²) in [7, 11) is 0. The molecule has 1 fully saturated rings. The fourth-order valence-corrected chi connectivity index (χ4v) is 3.30. The van der Waals surface area contributed by atoms with Gasteiger partial charge in [-0.15, -0.1) is 0 Å². The van der Waals surface area contributed by atoms with E-state index >= 15 is 0 Å². The van der Waals surface area contributed by atoms with Crippen LogP contribution in [0.25, 0.3) is 0 Å². The number of hydrogen-bond acceptors (Lipinski definition) is 3. The van der Waals surface area contributed by atoms with E-state index in [4.69, 9.17) is 9.47 Å². The van der Waals surface area contributed by atoms with Gasteiger partial charge in [0, 0.05) is 24.1 Å². The fourth-order valence-electron chi connectivity index (χ4n) is 3.30. The third-order valence-electron chi connectivity index (χ3n) is 4.29. The van der Waals surface area contributed by atoms with Crippen LogP contribution in [0, 0.1) is 0 Å². The quantitative estimate of drug-likeness (QED) is 0.898. The Hall–Kier alpha value is -2.00. The molecule has 2 aliphatic heterocycles. The van der Waals surface area contributed by atoms with Crippen LogP contribution in [-0.4, -0.2) is 12.4 Å². The minimum Gasteiger partial charge on any atom is -0.462 e. The molecule has 0 radical (unpaired) electrons. The third kappa shape index (κ3) is 2.38. The molecule has 2 aliphatic rings. The number of hydrogen-bond donors (Lipinski definition) is 1. The van der Waals surface area contributed by atoms with Gasteiger partial charge in [-0.3, -0.25) is 0 Å². The van der Waals surface area contributed by atoms with E-state index in [-0.39, 0.29) is 6.04 Å². The minimum absolute atomic E-state index is 0.218. The Bertz CT molecular complexity index is 620. The average molecular weight is 281 g/mol. The van der Waals surface area contributed by atoms with Gasteiger partial charge < -0.3 is 14.8 Å². The Kier molecular flexibility index (Phi) is 3.08. The second kappa shape index (κ2) is 5.08. The van der Waals surface area contributed by atoms with Crippen LogP contribution >= 0.6 is 0 Å². The highest BCUT2D eigenvalue weighted by Gasteiger charge is 2.44. The lowest BCUT2D eigenvalue weighted by atomic mass is 9.92. The number of ether oxygens (including phenoxy) is 2. The summed E-state index contributed by atoms with van der Waals surface area (Å²) in [6.45, 7) is 0.792. The molecule has 2 aromatic rings. The molecule has 0 saturated carbocycles. The van der Waals surface area contributed by atoms with Crippen molar-refractivity contribution in [3.05, 3.63) is 60.2 Å².